The van der Waals surface area contributed by atoms with E-state index in [1.807, 2.05) is 12.1 Å². The van der Waals surface area contributed by atoms with E-state index in [1.54, 1.807) is 0 Å². The zero-order chi connectivity index (χ0) is 13.5. The molecule has 1 N–H and O–H groups in total. The molecule has 0 bridgehead atoms. The van der Waals surface area contributed by atoms with Gasteiger partial charge in [0.15, 0.2) is 0 Å². The van der Waals surface area contributed by atoms with Crippen LogP contribution in [0.4, 0.5) is 0 Å². The summed E-state index contributed by atoms with van der Waals surface area (Å²) in [5.74, 6) is 1.98. The van der Waals surface area contributed by atoms with Crippen LogP contribution in [-0.4, -0.2) is 13.1 Å². The number of nitrogens with one attached hydrogen (secondary N) is 1. The third-order valence-electron chi connectivity index (χ3n) is 4.79. The Balaban J connectivity index is 1.77. The molecule has 0 amide bonds. The Morgan fingerprint density at radius 3 is 2.63 bits per heavy atom. The summed E-state index contributed by atoms with van der Waals surface area (Å²) >= 11 is 12.3. The molecule has 0 saturated heterocycles. The highest BCUT2D eigenvalue weighted by Crippen LogP contribution is 2.60. The number of benzene rings is 1. The Labute approximate surface area is 125 Å². The first-order valence-corrected chi connectivity index (χ1v) is 8.02. The van der Waals surface area contributed by atoms with Gasteiger partial charge in [-0.15, -0.1) is 0 Å². The van der Waals surface area contributed by atoms with E-state index in [0.717, 1.165) is 41.4 Å². The van der Waals surface area contributed by atoms with Gasteiger partial charge in [-0.25, -0.2) is 0 Å². The van der Waals surface area contributed by atoms with Gasteiger partial charge < -0.3 is 5.32 Å². The van der Waals surface area contributed by atoms with Gasteiger partial charge in [0.05, 0.1) is 0 Å². The number of rotatable bonds is 5. The molecule has 19 heavy (non-hydrogen) atoms. The number of hydrogen-bond acceptors (Lipinski definition) is 1. The first kappa shape index (κ1) is 13.7. The maximum atomic E-state index is 6.35. The second kappa shape index (κ2) is 5.27. The molecular formula is C16H21Cl2N. The van der Waals surface area contributed by atoms with Crippen molar-refractivity contribution < 1.29 is 0 Å². The second-order valence-electron chi connectivity index (χ2n) is 6.36. The monoisotopic (exact) mass is 297 g/mol. The van der Waals surface area contributed by atoms with E-state index in [4.69, 9.17) is 23.2 Å². The van der Waals surface area contributed by atoms with Gasteiger partial charge in [-0.2, -0.15) is 0 Å². The van der Waals surface area contributed by atoms with Crippen LogP contribution in [0.25, 0.3) is 0 Å². The Morgan fingerprint density at radius 1 is 1.26 bits per heavy atom. The highest BCUT2D eigenvalue weighted by atomic mass is 35.5. The van der Waals surface area contributed by atoms with Crippen molar-refractivity contribution in [2.75, 3.05) is 13.1 Å². The fourth-order valence-corrected chi connectivity index (χ4v) is 4.29. The van der Waals surface area contributed by atoms with Crippen molar-refractivity contribution in [2.24, 2.45) is 17.3 Å². The fraction of sp³-hybridized carbons (Fsp3) is 0.625. The SMILES string of the molecule is CCNCC1(Cc2ccc(Cl)cc2Cl)CC2CC2C1. The number of fused-ring (bicyclic) bond motifs is 1. The van der Waals surface area contributed by atoms with Crippen LogP contribution < -0.4 is 5.32 Å². The predicted molar refractivity (Wildman–Crippen MR) is 82.0 cm³/mol. The highest BCUT2D eigenvalue weighted by Gasteiger charge is 2.53. The lowest BCUT2D eigenvalue weighted by molar-refractivity contribution is 0.250. The van der Waals surface area contributed by atoms with E-state index in [2.05, 4.69) is 18.3 Å². The van der Waals surface area contributed by atoms with Gasteiger partial charge in [-0.05, 0) is 67.2 Å². The van der Waals surface area contributed by atoms with Crippen molar-refractivity contribution in [3.63, 3.8) is 0 Å². The van der Waals surface area contributed by atoms with Gasteiger partial charge in [0, 0.05) is 16.6 Å². The first-order chi connectivity index (χ1) is 9.12. The van der Waals surface area contributed by atoms with Crippen molar-refractivity contribution >= 4 is 23.2 Å². The average Bonchev–Trinajstić information content (AvgIpc) is 2.99. The Bertz CT molecular complexity index is 462. The molecule has 1 aromatic rings. The molecular weight excluding hydrogens is 277 g/mol. The summed E-state index contributed by atoms with van der Waals surface area (Å²) < 4.78 is 0. The van der Waals surface area contributed by atoms with Crippen LogP contribution in [0.1, 0.15) is 31.7 Å². The molecule has 1 nitrogen and oxygen atoms in total. The molecule has 2 atom stereocenters. The standard InChI is InChI=1S/C16H21Cl2N/c1-2-19-10-16(8-12-5-13(12)9-16)7-11-3-4-14(17)6-15(11)18/h3-4,6,12-13,19H,2,5,7-10H2,1H3. The molecule has 3 heteroatoms. The molecule has 3 rings (SSSR count). The summed E-state index contributed by atoms with van der Waals surface area (Å²) in [6.45, 7) is 4.35. The van der Waals surface area contributed by atoms with Gasteiger partial charge in [-0.3, -0.25) is 0 Å². The van der Waals surface area contributed by atoms with Crippen LogP contribution in [0.3, 0.4) is 0 Å². The van der Waals surface area contributed by atoms with E-state index in [1.165, 1.54) is 24.8 Å². The van der Waals surface area contributed by atoms with Crippen LogP contribution >= 0.6 is 23.2 Å². The molecule has 2 unspecified atom stereocenters. The van der Waals surface area contributed by atoms with Gasteiger partial charge in [0.25, 0.3) is 0 Å². The summed E-state index contributed by atoms with van der Waals surface area (Å²) in [6.07, 6.45) is 5.28. The molecule has 2 fully saturated rings. The molecule has 1 aromatic carbocycles. The van der Waals surface area contributed by atoms with Crippen LogP contribution in [0.5, 0.6) is 0 Å². The normalized spacial score (nSPS) is 32.4. The molecule has 0 heterocycles. The Kier molecular flexibility index (Phi) is 3.81. The van der Waals surface area contributed by atoms with Crippen molar-refractivity contribution in [2.45, 2.75) is 32.6 Å². The van der Waals surface area contributed by atoms with Crippen molar-refractivity contribution in [3.05, 3.63) is 33.8 Å². The molecule has 2 saturated carbocycles. The number of halogens is 2. The maximum Gasteiger partial charge on any atom is 0.0453 e. The smallest absolute Gasteiger partial charge is 0.0453 e. The largest absolute Gasteiger partial charge is 0.316 e. The third-order valence-corrected chi connectivity index (χ3v) is 5.38. The van der Waals surface area contributed by atoms with Gasteiger partial charge in [0.1, 0.15) is 0 Å². The summed E-state index contributed by atoms with van der Waals surface area (Å²) in [6, 6.07) is 5.93. The Hall–Kier alpha value is -0.240. The van der Waals surface area contributed by atoms with E-state index < -0.39 is 0 Å². The van der Waals surface area contributed by atoms with Crippen LogP contribution in [-0.2, 0) is 6.42 Å². The summed E-state index contributed by atoms with van der Waals surface area (Å²) in [5, 5.41) is 5.10. The maximum absolute atomic E-state index is 6.35. The van der Waals surface area contributed by atoms with Gasteiger partial charge in [-0.1, -0.05) is 36.2 Å². The molecule has 0 spiro atoms. The Morgan fingerprint density at radius 2 is 2.00 bits per heavy atom. The van der Waals surface area contributed by atoms with E-state index in [-0.39, 0.29) is 0 Å². The van der Waals surface area contributed by atoms with E-state index in [9.17, 15) is 0 Å². The minimum absolute atomic E-state index is 0.418. The van der Waals surface area contributed by atoms with Crippen LogP contribution in [0, 0.1) is 17.3 Å². The summed E-state index contributed by atoms with van der Waals surface area (Å²) in [4.78, 5) is 0. The lowest BCUT2D eigenvalue weighted by atomic mass is 9.77. The van der Waals surface area contributed by atoms with Gasteiger partial charge in [0.2, 0.25) is 0 Å². The summed E-state index contributed by atoms with van der Waals surface area (Å²) in [5.41, 5.74) is 1.67. The topological polar surface area (TPSA) is 12.0 Å². The van der Waals surface area contributed by atoms with Crippen molar-refractivity contribution in [3.8, 4) is 0 Å². The summed E-state index contributed by atoms with van der Waals surface area (Å²) in [7, 11) is 0. The lowest BCUT2D eigenvalue weighted by Gasteiger charge is -2.32. The quantitative estimate of drug-likeness (QED) is 0.840. The molecule has 0 radical (unpaired) electrons. The highest BCUT2D eigenvalue weighted by molar-refractivity contribution is 6.35. The predicted octanol–water partition coefficient (Wildman–Crippen LogP) is 4.56. The second-order valence-corrected chi connectivity index (χ2v) is 7.20. The van der Waals surface area contributed by atoms with Gasteiger partial charge >= 0.3 is 0 Å². The molecule has 2 aliphatic rings. The third kappa shape index (κ3) is 2.94. The first-order valence-electron chi connectivity index (χ1n) is 7.26. The fourth-order valence-electron chi connectivity index (χ4n) is 3.82. The van der Waals surface area contributed by atoms with Crippen molar-refractivity contribution in [1.82, 2.24) is 5.32 Å². The molecule has 2 aliphatic carbocycles. The molecule has 0 aromatic heterocycles. The lowest BCUT2D eigenvalue weighted by Crippen LogP contribution is -2.35. The number of hydrogen-bond donors (Lipinski definition) is 1. The zero-order valence-electron chi connectivity index (χ0n) is 11.4. The molecule has 0 aliphatic heterocycles. The zero-order valence-corrected chi connectivity index (χ0v) is 12.9. The minimum atomic E-state index is 0.418. The van der Waals surface area contributed by atoms with Crippen LogP contribution in [0.2, 0.25) is 10.0 Å². The van der Waals surface area contributed by atoms with Crippen molar-refractivity contribution in [1.29, 1.82) is 0 Å². The molecule has 104 valence electrons. The average molecular weight is 298 g/mol. The van der Waals surface area contributed by atoms with Crippen LogP contribution in [0.15, 0.2) is 18.2 Å². The van der Waals surface area contributed by atoms with E-state index >= 15 is 0 Å². The van der Waals surface area contributed by atoms with E-state index in [0.29, 0.717) is 5.41 Å². The minimum Gasteiger partial charge on any atom is -0.316 e.